The smallest absolute Gasteiger partial charge is 0.417 e. The lowest BCUT2D eigenvalue weighted by Gasteiger charge is -2.26. The molecule has 6 nitrogen and oxygen atoms in total. The fourth-order valence-corrected chi connectivity index (χ4v) is 6.17. The Hall–Kier alpha value is -3.38. The van der Waals surface area contributed by atoms with Crippen LogP contribution in [0.4, 0.5) is 23.2 Å². The van der Waals surface area contributed by atoms with Gasteiger partial charge in [-0.3, -0.25) is 9.10 Å². The minimum atomic E-state index is -4.64. The average Bonchev–Trinajstić information content (AvgIpc) is 3.67. The lowest BCUT2D eigenvalue weighted by molar-refractivity contribution is -0.138. The van der Waals surface area contributed by atoms with Crippen LogP contribution in [-0.4, -0.2) is 27.1 Å². The molecule has 1 saturated carbocycles. The Labute approximate surface area is 242 Å². The molecular weight excluding hydrogens is 628 g/mol. The lowest BCUT2D eigenvalue weighted by atomic mass is 10.00. The lowest BCUT2D eigenvalue weighted by Crippen LogP contribution is -2.30. The Kier molecular flexibility index (Phi) is 7.66. The molecule has 1 heterocycles. The molecular formula is C29H25BrF4N2O4S. The number of nitrogens with one attached hydrogen (secondary N) is 1. The highest BCUT2D eigenvalue weighted by atomic mass is 79.9. The van der Waals surface area contributed by atoms with Crippen LogP contribution in [0.25, 0.3) is 22.3 Å². The van der Waals surface area contributed by atoms with Gasteiger partial charge in [0.2, 0.25) is 10.0 Å². The Balaban J connectivity index is 1.70. The highest BCUT2D eigenvalue weighted by Crippen LogP contribution is 2.48. The second kappa shape index (κ2) is 10.8. The van der Waals surface area contributed by atoms with E-state index in [9.17, 15) is 30.8 Å². The number of fused-ring (bicyclic) bond motifs is 1. The standard InChI is InChI=1S/C29H25BrF4N2O4S/c1-3-35-28(37)26-21-13-20(17-5-6-17)24(14-25(21)40-27(26)18-7-9-19(31)10-8-18)36(41(2,38)39)15-16-4-11-23(30)22(12-16)29(32,33)34/h4,7-14,17H,3,5-6,15H2,1-2H3,(H,35,37). The van der Waals surface area contributed by atoms with Crippen molar-refractivity contribution in [3.63, 3.8) is 0 Å². The summed E-state index contributed by atoms with van der Waals surface area (Å²) in [6.07, 6.45) is -2.08. The zero-order valence-electron chi connectivity index (χ0n) is 22.0. The van der Waals surface area contributed by atoms with Gasteiger partial charge < -0.3 is 9.73 Å². The number of alkyl halides is 3. The zero-order valence-corrected chi connectivity index (χ0v) is 24.4. The van der Waals surface area contributed by atoms with Crippen LogP contribution >= 0.6 is 15.9 Å². The molecule has 41 heavy (non-hydrogen) atoms. The van der Waals surface area contributed by atoms with Gasteiger partial charge in [-0.15, -0.1) is 0 Å². The molecule has 1 aromatic heterocycles. The van der Waals surface area contributed by atoms with Crippen LogP contribution in [0, 0.1) is 5.82 Å². The molecule has 0 spiro atoms. The van der Waals surface area contributed by atoms with Crippen molar-refractivity contribution in [3.8, 4) is 11.3 Å². The summed E-state index contributed by atoms with van der Waals surface area (Å²) in [4.78, 5) is 13.2. The SMILES string of the molecule is CCNC(=O)c1c(-c2ccc(F)cc2)oc2cc(N(Cc3ccc(Br)c(C(F)(F)F)c3)S(C)(=O)=O)c(C3CC3)cc12. The summed E-state index contributed by atoms with van der Waals surface area (Å²) in [5.41, 5.74) is 1.04. The van der Waals surface area contributed by atoms with Gasteiger partial charge in [0.1, 0.15) is 17.2 Å². The first-order valence-electron chi connectivity index (χ1n) is 12.8. The molecule has 0 radical (unpaired) electrons. The number of amides is 1. The van der Waals surface area contributed by atoms with Crippen LogP contribution in [0.15, 0.2) is 63.5 Å². The van der Waals surface area contributed by atoms with Gasteiger partial charge in [-0.1, -0.05) is 22.0 Å². The highest BCUT2D eigenvalue weighted by molar-refractivity contribution is 9.10. The van der Waals surface area contributed by atoms with Crippen molar-refractivity contribution in [1.29, 1.82) is 0 Å². The van der Waals surface area contributed by atoms with E-state index in [4.69, 9.17) is 4.42 Å². The van der Waals surface area contributed by atoms with Gasteiger partial charge in [-0.25, -0.2) is 12.8 Å². The topological polar surface area (TPSA) is 79.6 Å². The van der Waals surface area contributed by atoms with E-state index in [0.717, 1.165) is 29.5 Å². The van der Waals surface area contributed by atoms with Gasteiger partial charge in [-0.2, -0.15) is 13.2 Å². The number of rotatable bonds is 8. The highest BCUT2D eigenvalue weighted by Gasteiger charge is 2.35. The zero-order chi connectivity index (χ0) is 29.7. The maximum Gasteiger partial charge on any atom is 0.417 e. The van der Waals surface area contributed by atoms with Crippen LogP contribution in [0.1, 0.15) is 52.7 Å². The molecule has 216 valence electrons. The fourth-order valence-electron chi connectivity index (χ4n) is 4.80. The van der Waals surface area contributed by atoms with Gasteiger partial charge in [0.25, 0.3) is 5.91 Å². The fraction of sp³-hybridized carbons (Fsp3) is 0.276. The number of halogens is 5. The third-order valence-electron chi connectivity index (χ3n) is 6.86. The van der Waals surface area contributed by atoms with Gasteiger partial charge in [0.15, 0.2) is 0 Å². The van der Waals surface area contributed by atoms with Crippen molar-refractivity contribution in [1.82, 2.24) is 5.32 Å². The number of hydrogen-bond acceptors (Lipinski definition) is 4. The Morgan fingerprint density at radius 1 is 1.10 bits per heavy atom. The van der Waals surface area contributed by atoms with Gasteiger partial charge >= 0.3 is 6.18 Å². The van der Waals surface area contributed by atoms with E-state index in [0.29, 0.717) is 23.1 Å². The summed E-state index contributed by atoms with van der Waals surface area (Å²) in [7, 11) is -3.98. The third-order valence-corrected chi connectivity index (χ3v) is 8.67. The van der Waals surface area contributed by atoms with Crippen molar-refractivity contribution in [2.75, 3.05) is 17.1 Å². The van der Waals surface area contributed by atoms with Crippen LogP contribution in [0.2, 0.25) is 0 Å². The number of hydrogen-bond donors (Lipinski definition) is 1. The van der Waals surface area contributed by atoms with Crippen molar-refractivity contribution in [3.05, 3.63) is 87.1 Å². The molecule has 1 fully saturated rings. The average molecular weight is 653 g/mol. The number of sulfonamides is 1. The minimum absolute atomic E-state index is 0.000520. The second-order valence-electron chi connectivity index (χ2n) is 9.94. The summed E-state index contributed by atoms with van der Waals surface area (Å²) in [6, 6.07) is 12.3. The Morgan fingerprint density at radius 2 is 1.78 bits per heavy atom. The number of carbonyl (C=O) groups is 1. The monoisotopic (exact) mass is 652 g/mol. The van der Waals surface area contributed by atoms with Gasteiger partial charge in [0.05, 0.1) is 29.6 Å². The number of nitrogens with zero attached hydrogens (tertiary/aromatic N) is 1. The number of anilines is 1. The summed E-state index contributed by atoms with van der Waals surface area (Å²) in [5, 5.41) is 3.22. The van der Waals surface area contributed by atoms with Crippen LogP contribution in [-0.2, 0) is 22.7 Å². The molecule has 1 N–H and O–H groups in total. The first-order valence-corrected chi connectivity index (χ1v) is 15.4. The largest absolute Gasteiger partial charge is 0.455 e. The van der Waals surface area contributed by atoms with Crippen LogP contribution < -0.4 is 9.62 Å². The number of furan rings is 1. The summed E-state index contributed by atoms with van der Waals surface area (Å²) in [5.74, 6) is -0.679. The van der Waals surface area contributed by atoms with E-state index in [1.165, 1.54) is 42.5 Å². The molecule has 4 aromatic rings. The van der Waals surface area contributed by atoms with Gasteiger partial charge in [0, 0.05) is 28.0 Å². The number of carbonyl (C=O) groups excluding carboxylic acids is 1. The molecule has 0 bridgehead atoms. The normalized spacial score (nSPS) is 13.9. The quantitative estimate of drug-likeness (QED) is 0.199. The summed E-state index contributed by atoms with van der Waals surface area (Å²) in [6.45, 7) is 1.76. The van der Waals surface area contributed by atoms with E-state index in [1.54, 1.807) is 13.0 Å². The predicted octanol–water partition coefficient (Wildman–Crippen LogP) is 7.61. The molecule has 12 heteroatoms. The maximum absolute atomic E-state index is 13.6. The molecule has 5 rings (SSSR count). The predicted molar refractivity (Wildman–Crippen MR) is 152 cm³/mol. The molecule has 1 aliphatic rings. The van der Waals surface area contributed by atoms with Crippen LogP contribution in [0.5, 0.6) is 0 Å². The molecule has 3 aromatic carbocycles. The molecule has 0 unspecified atom stereocenters. The van der Waals surface area contributed by atoms with Crippen molar-refractivity contribution >= 4 is 48.5 Å². The van der Waals surface area contributed by atoms with Crippen molar-refractivity contribution in [2.45, 2.75) is 38.4 Å². The first-order chi connectivity index (χ1) is 19.3. The Bertz CT molecular complexity index is 1750. The molecule has 0 atom stereocenters. The minimum Gasteiger partial charge on any atom is -0.455 e. The number of benzene rings is 3. The van der Waals surface area contributed by atoms with E-state index in [1.807, 2.05) is 0 Å². The van der Waals surface area contributed by atoms with E-state index in [-0.39, 0.29) is 45.1 Å². The summed E-state index contributed by atoms with van der Waals surface area (Å²) >= 11 is 2.92. The van der Waals surface area contributed by atoms with Crippen molar-refractivity contribution < 1.29 is 35.2 Å². The molecule has 1 amide bonds. The summed E-state index contributed by atoms with van der Waals surface area (Å²) < 4.78 is 87.6. The first kappa shape index (κ1) is 29.1. The van der Waals surface area contributed by atoms with Crippen LogP contribution in [0.3, 0.4) is 0 Å². The molecule has 0 saturated heterocycles. The molecule has 1 aliphatic carbocycles. The van der Waals surface area contributed by atoms with Gasteiger partial charge in [-0.05, 0) is 79.3 Å². The van der Waals surface area contributed by atoms with E-state index < -0.39 is 33.5 Å². The maximum atomic E-state index is 13.6. The Morgan fingerprint density at radius 3 is 2.37 bits per heavy atom. The molecule has 0 aliphatic heterocycles. The third kappa shape index (κ3) is 5.99. The van der Waals surface area contributed by atoms with Crippen molar-refractivity contribution in [2.24, 2.45) is 0 Å². The van der Waals surface area contributed by atoms with E-state index >= 15 is 0 Å². The van der Waals surface area contributed by atoms with E-state index in [2.05, 4.69) is 21.2 Å². The second-order valence-corrected chi connectivity index (χ2v) is 12.7.